The van der Waals surface area contributed by atoms with Gasteiger partial charge in [0.25, 0.3) is 5.91 Å². The van der Waals surface area contributed by atoms with Crippen molar-refractivity contribution < 1.29 is 4.79 Å². The van der Waals surface area contributed by atoms with Crippen LogP contribution in [0.15, 0.2) is 11.4 Å². The average molecular weight is 277 g/mol. The van der Waals surface area contributed by atoms with E-state index in [1.54, 1.807) is 18.0 Å². The maximum Gasteiger partial charge on any atom is 0.266 e. The topological polar surface area (TPSA) is 77.0 Å². The molecule has 0 saturated heterocycles. The molecular formula is C12H15N5OS. The second kappa shape index (κ2) is 4.65. The van der Waals surface area contributed by atoms with E-state index < -0.39 is 0 Å². The molecule has 7 heteroatoms. The van der Waals surface area contributed by atoms with Crippen LogP contribution in [-0.4, -0.2) is 32.6 Å². The van der Waals surface area contributed by atoms with E-state index in [1.807, 2.05) is 5.38 Å². The summed E-state index contributed by atoms with van der Waals surface area (Å²) in [7, 11) is 1.76. The Kier molecular flexibility index (Phi) is 2.98. The minimum atomic E-state index is -0.0668. The van der Waals surface area contributed by atoms with Crippen LogP contribution in [0.5, 0.6) is 0 Å². The number of hydrogen-bond donors (Lipinski definition) is 1. The van der Waals surface area contributed by atoms with Gasteiger partial charge in [-0.25, -0.2) is 0 Å². The number of amides is 1. The number of nitrogens with two attached hydrogens (primary N) is 1. The van der Waals surface area contributed by atoms with Gasteiger partial charge in [-0.2, -0.15) is 0 Å². The quantitative estimate of drug-likeness (QED) is 0.912. The van der Waals surface area contributed by atoms with Crippen LogP contribution in [0.25, 0.3) is 0 Å². The molecule has 1 aliphatic rings. The zero-order valence-electron chi connectivity index (χ0n) is 10.7. The molecule has 0 spiro atoms. The molecule has 0 atom stereocenters. The van der Waals surface area contributed by atoms with Gasteiger partial charge in [-0.1, -0.05) is 0 Å². The largest absolute Gasteiger partial charge is 0.397 e. The maximum absolute atomic E-state index is 12.3. The lowest BCUT2D eigenvalue weighted by Gasteiger charge is -2.16. The fourth-order valence-electron chi connectivity index (χ4n) is 2.28. The number of fused-ring (bicyclic) bond motifs is 1. The van der Waals surface area contributed by atoms with Crippen LogP contribution in [0, 0.1) is 0 Å². The van der Waals surface area contributed by atoms with Crippen molar-refractivity contribution >= 4 is 22.9 Å². The highest BCUT2D eigenvalue weighted by Crippen LogP contribution is 2.21. The van der Waals surface area contributed by atoms with Gasteiger partial charge in [-0.3, -0.25) is 4.79 Å². The molecule has 0 aliphatic carbocycles. The molecular weight excluding hydrogens is 262 g/mol. The van der Waals surface area contributed by atoms with Crippen LogP contribution in [0.3, 0.4) is 0 Å². The van der Waals surface area contributed by atoms with Crippen LogP contribution in [0.2, 0.25) is 0 Å². The third-order valence-corrected chi connectivity index (χ3v) is 4.22. The minimum Gasteiger partial charge on any atom is -0.397 e. The number of carbonyl (C=O) groups excluding carboxylic acids is 1. The first-order chi connectivity index (χ1) is 9.16. The summed E-state index contributed by atoms with van der Waals surface area (Å²) in [6, 6.07) is 1.75. The fraction of sp³-hybridized carbons (Fsp3) is 0.417. The number of nitrogen functional groups attached to an aromatic ring is 1. The summed E-state index contributed by atoms with van der Waals surface area (Å²) in [6.07, 6.45) is 2.08. The van der Waals surface area contributed by atoms with E-state index in [-0.39, 0.29) is 5.91 Å². The molecule has 3 heterocycles. The molecule has 3 rings (SSSR count). The van der Waals surface area contributed by atoms with E-state index in [9.17, 15) is 4.79 Å². The van der Waals surface area contributed by atoms with Crippen LogP contribution >= 0.6 is 11.3 Å². The van der Waals surface area contributed by atoms with E-state index in [0.717, 1.165) is 31.0 Å². The summed E-state index contributed by atoms with van der Waals surface area (Å²) in [5, 5.41) is 10.1. The van der Waals surface area contributed by atoms with Gasteiger partial charge in [0.2, 0.25) is 0 Å². The highest BCUT2D eigenvalue weighted by Gasteiger charge is 2.21. The molecule has 1 aliphatic heterocycles. The summed E-state index contributed by atoms with van der Waals surface area (Å²) in [4.78, 5) is 14.5. The molecule has 0 radical (unpaired) electrons. The first kappa shape index (κ1) is 12.2. The number of nitrogens with zero attached hydrogens (tertiary/aromatic N) is 4. The van der Waals surface area contributed by atoms with E-state index in [0.29, 0.717) is 17.1 Å². The zero-order valence-corrected chi connectivity index (χ0v) is 11.5. The van der Waals surface area contributed by atoms with Crippen molar-refractivity contribution in [3.63, 3.8) is 0 Å². The number of carbonyl (C=O) groups is 1. The van der Waals surface area contributed by atoms with Gasteiger partial charge in [0.05, 0.1) is 12.2 Å². The predicted octanol–water partition coefficient (Wildman–Crippen LogP) is 1.14. The van der Waals surface area contributed by atoms with Gasteiger partial charge < -0.3 is 15.2 Å². The highest BCUT2D eigenvalue weighted by molar-refractivity contribution is 7.12. The molecule has 0 fully saturated rings. The van der Waals surface area contributed by atoms with Crippen molar-refractivity contribution in [2.75, 3.05) is 12.8 Å². The van der Waals surface area contributed by atoms with Crippen molar-refractivity contribution in [2.45, 2.75) is 25.9 Å². The van der Waals surface area contributed by atoms with Gasteiger partial charge in [-0.05, 0) is 17.9 Å². The summed E-state index contributed by atoms with van der Waals surface area (Å²) < 4.78 is 2.10. The smallest absolute Gasteiger partial charge is 0.266 e. The monoisotopic (exact) mass is 277 g/mol. The zero-order chi connectivity index (χ0) is 13.4. The molecule has 1 amide bonds. The molecule has 100 valence electrons. The van der Waals surface area contributed by atoms with Gasteiger partial charge in [0.1, 0.15) is 10.7 Å². The van der Waals surface area contributed by atoms with E-state index in [4.69, 9.17) is 5.73 Å². The van der Waals surface area contributed by atoms with Crippen LogP contribution in [0.4, 0.5) is 5.69 Å². The Morgan fingerprint density at radius 2 is 2.42 bits per heavy atom. The van der Waals surface area contributed by atoms with Gasteiger partial charge >= 0.3 is 0 Å². The van der Waals surface area contributed by atoms with Crippen LogP contribution < -0.4 is 5.73 Å². The molecule has 2 aromatic rings. The second-order valence-electron chi connectivity index (χ2n) is 4.65. The summed E-state index contributed by atoms with van der Waals surface area (Å²) in [5.74, 6) is 1.80. The Morgan fingerprint density at radius 3 is 3.16 bits per heavy atom. The Bertz CT molecular complexity index is 617. The normalized spacial score (nSPS) is 13.5. The third-order valence-electron chi connectivity index (χ3n) is 3.30. The van der Waals surface area contributed by atoms with Crippen molar-refractivity contribution in [2.24, 2.45) is 0 Å². The number of aromatic nitrogens is 3. The SMILES string of the molecule is CN(Cc1nnc2n1CCC2)C(=O)c1sccc1N. The molecule has 19 heavy (non-hydrogen) atoms. The summed E-state index contributed by atoms with van der Waals surface area (Å²) in [5.41, 5.74) is 6.31. The molecule has 0 saturated carbocycles. The number of anilines is 1. The van der Waals surface area contributed by atoms with E-state index >= 15 is 0 Å². The van der Waals surface area contributed by atoms with Gasteiger partial charge in [0, 0.05) is 20.0 Å². The summed E-state index contributed by atoms with van der Waals surface area (Å²) in [6.45, 7) is 1.41. The van der Waals surface area contributed by atoms with E-state index in [2.05, 4.69) is 14.8 Å². The van der Waals surface area contributed by atoms with Crippen molar-refractivity contribution in [1.29, 1.82) is 0 Å². The molecule has 2 N–H and O–H groups in total. The van der Waals surface area contributed by atoms with Gasteiger partial charge in [-0.15, -0.1) is 21.5 Å². The Hall–Kier alpha value is -1.89. The third kappa shape index (κ3) is 2.10. The van der Waals surface area contributed by atoms with Crippen molar-refractivity contribution in [3.05, 3.63) is 28.0 Å². The first-order valence-electron chi connectivity index (χ1n) is 6.16. The number of aryl methyl sites for hydroxylation is 1. The first-order valence-corrected chi connectivity index (χ1v) is 7.04. The molecule has 0 bridgehead atoms. The second-order valence-corrected chi connectivity index (χ2v) is 5.57. The predicted molar refractivity (Wildman–Crippen MR) is 72.9 cm³/mol. The van der Waals surface area contributed by atoms with Crippen LogP contribution in [0.1, 0.15) is 27.7 Å². The fourth-order valence-corrected chi connectivity index (χ4v) is 3.09. The Labute approximate surface area is 114 Å². The van der Waals surface area contributed by atoms with Crippen molar-refractivity contribution in [1.82, 2.24) is 19.7 Å². The standard InChI is InChI=1S/C12H15N5OS/c1-16(12(18)11-8(13)4-6-19-11)7-10-15-14-9-3-2-5-17(9)10/h4,6H,2-3,5,7,13H2,1H3. The maximum atomic E-state index is 12.3. The molecule has 0 aromatic carbocycles. The van der Waals surface area contributed by atoms with Crippen molar-refractivity contribution in [3.8, 4) is 0 Å². The van der Waals surface area contributed by atoms with Crippen LogP contribution in [-0.2, 0) is 19.5 Å². The minimum absolute atomic E-state index is 0.0668. The molecule has 0 unspecified atom stereocenters. The number of thiophene rings is 1. The average Bonchev–Trinajstić information content (AvgIpc) is 3.06. The lowest BCUT2D eigenvalue weighted by molar-refractivity contribution is 0.0786. The Morgan fingerprint density at radius 1 is 1.58 bits per heavy atom. The molecule has 6 nitrogen and oxygen atoms in total. The Balaban J connectivity index is 1.76. The van der Waals surface area contributed by atoms with E-state index in [1.165, 1.54) is 11.3 Å². The number of rotatable bonds is 3. The highest BCUT2D eigenvalue weighted by atomic mass is 32.1. The lowest BCUT2D eigenvalue weighted by atomic mass is 10.3. The lowest BCUT2D eigenvalue weighted by Crippen LogP contribution is -2.27. The molecule has 2 aromatic heterocycles. The number of hydrogen-bond acceptors (Lipinski definition) is 5. The van der Waals surface area contributed by atoms with Gasteiger partial charge in [0.15, 0.2) is 5.82 Å². The summed E-state index contributed by atoms with van der Waals surface area (Å²) >= 11 is 1.37.